The molecule has 6 rings (SSSR count). The highest BCUT2D eigenvalue weighted by molar-refractivity contribution is 7.21. The van der Waals surface area contributed by atoms with Crippen LogP contribution in [0.1, 0.15) is 11.1 Å². The number of nitrogens with zero attached hydrogens (tertiary/aromatic N) is 1. The Balaban J connectivity index is 1.31. The quantitative estimate of drug-likeness (QED) is 0.194. The van der Waals surface area contributed by atoms with Gasteiger partial charge in [0.2, 0.25) is 0 Å². The molecule has 0 bridgehead atoms. The number of halogens is 6. The average molecular weight is 566 g/mol. The van der Waals surface area contributed by atoms with Gasteiger partial charge in [0.25, 0.3) is 0 Å². The molecule has 0 saturated carbocycles. The molecule has 0 atom stereocenters. The number of rotatable bonds is 5. The second-order valence-electron chi connectivity index (χ2n) is 9.24. The summed E-state index contributed by atoms with van der Waals surface area (Å²) in [6.45, 7) is 2.00. The van der Waals surface area contributed by atoms with Crippen molar-refractivity contribution in [1.82, 2.24) is 4.98 Å². The third-order valence-corrected chi connectivity index (χ3v) is 7.54. The largest absolute Gasteiger partial charge is 0.429 e. The Morgan fingerprint density at radius 2 is 1.52 bits per heavy atom. The maximum absolute atomic E-state index is 15.6. The molecule has 0 saturated heterocycles. The summed E-state index contributed by atoms with van der Waals surface area (Å²) in [5, 5.41) is 1.66. The van der Waals surface area contributed by atoms with E-state index in [0.29, 0.717) is 17.5 Å². The van der Waals surface area contributed by atoms with Crippen LogP contribution >= 0.6 is 11.3 Å². The Morgan fingerprint density at radius 3 is 2.30 bits per heavy atom. The molecule has 0 amide bonds. The van der Waals surface area contributed by atoms with Gasteiger partial charge in [-0.3, -0.25) is 0 Å². The molecule has 1 aromatic heterocycles. The van der Waals surface area contributed by atoms with Gasteiger partial charge in [-0.2, -0.15) is 8.78 Å². The molecule has 0 unspecified atom stereocenters. The van der Waals surface area contributed by atoms with Gasteiger partial charge < -0.3 is 4.74 Å². The molecule has 6 aromatic rings. The van der Waals surface area contributed by atoms with Crippen molar-refractivity contribution in [3.63, 3.8) is 0 Å². The van der Waals surface area contributed by atoms with Crippen LogP contribution in [0.5, 0.6) is 5.75 Å². The summed E-state index contributed by atoms with van der Waals surface area (Å²) >= 11 is 1.53. The lowest BCUT2D eigenvalue weighted by Gasteiger charge is -2.19. The van der Waals surface area contributed by atoms with Crippen LogP contribution in [-0.4, -0.2) is 4.98 Å². The van der Waals surface area contributed by atoms with Gasteiger partial charge in [0, 0.05) is 22.6 Å². The number of benzene rings is 5. The molecule has 0 N–H and O–H groups in total. The standard InChI is InChI=1S/C31H17F6NOS/c1-16-2-11-27-28(12-16)40-30(38-27)19-4-8-21-17(13-19)3-7-22(29(21)35)18-5-9-23(25(33)14-18)31(36,37)39-20-6-10-24(32)26(34)15-20/h2-15H,1H3. The number of alkyl halides is 2. The first-order valence-corrected chi connectivity index (χ1v) is 12.8. The Labute approximate surface area is 228 Å². The molecule has 0 radical (unpaired) electrons. The second kappa shape index (κ2) is 9.67. The van der Waals surface area contributed by atoms with E-state index in [1.165, 1.54) is 17.4 Å². The topological polar surface area (TPSA) is 22.1 Å². The van der Waals surface area contributed by atoms with Crippen LogP contribution in [0.4, 0.5) is 26.3 Å². The molecular weight excluding hydrogens is 548 g/mol. The summed E-state index contributed by atoms with van der Waals surface area (Å²) in [6.07, 6.45) is -4.20. The summed E-state index contributed by atoms with van der Waals surface area (Å²) < 4.78 is 91.7. The fourth-order valence-electron chi connectivity index (χ4n) is 4.47. The van der Waals surface area contributed by atoms with Gasteiger partial charge in [0.1, 0.15) is 22.4 Å². The summed E-state index contributed by atoms with van der Waals surface area (Å²) in [5.74, 6) is -5.31. The Morgan fingerprint density at radius 1 is 0.725 bits per heavy atom. The first-order valence-electron chi connectivity index (χ1n) is 12.0. The average Bonchev–Trinajstić information content (AvgIpc) is 3.34. The number of fused-ring (bicyclic) bond motifs is 2. The number of ether oxygens (including phenoxy) is 1. The van der Waals surface area contributed by atoms with Gasteiger partial charge in [-0.05, 0) is 65.9 Å². The van der Waals surface area contributed by atoms with Crippen LogP contribution in [0.2, 0.25) is 0 Å². The molecule has 0 aliphatic heterocycles. The number of hydrogen-bond acceptors (Lipinski definition) is 3. The fraction of sp³-hybridized carbons (Fsp3) is 0.0645. The first-order chi connectivity index (χ1) is 19.1. The molecule has 1 heterocycles. The van der Waals surface area contributed by atoms with E-state index in [9.17, 15) is 22.0 Å². The monoisotopic (exact) mass is 565 g/mol. The molecule has 0 fully saturated rings. The highest BCUT2D eigenvalue weighted by Crippen LogP contribution is 2.38. The van der Waals surface area contributed by atoms with Crippen molar-refractivity contribution in [1.29, 1.82) is 0 Å². The summed E-state index contributed by atoms with van der Waals surface area (Å²) in [6, 6.07) is 18.8. The molecular formula is C31H17F6NOS. The lowest BCUT2D eigenvalue weighted by molar-refractivity contribution is -0.187. The van der Waals surface area contributed by atoms with Gasteiger partial charge in [-0.1, -0.05) is 36.4 Å². The number of aromatic nitrogens is 1. The minimum Gasteiger partial charge on any atom is -0.429 e. The van der Waals surface area contributed by atoms with Gasteiger partial charge in [-0.15, -0.1) is 11.3 Å². The Kier molecular flexibility index (Phi) is 6.26. The highest BCUT2D eigenvalue weighted by Gasteiger charge is 2.38. The first kappa shape index (κ1) is 25.9. The van der Waals surface area contributed by atoms with Crippen LogP contribution in [0, 0.1) is 30.2 Å². The maximum Gasteiger partial charge on any atom is 0.429 e. The molecule has 9 heteroatoms. The third-order valence-electron chi connectivity index (χ3n) is 6.48. The fourth-order valence-corrected chi connectivity index (χ4v) is 5.53. The highest BCUT2D eigenvalue weighted by atomic mass is 32.1. The van der Waals surface area contributed by atoms with E-state index >= 15 is 4.39 Å². The van der Waals surface area contributed by atoms with Gasteiger partial charge in [0.15, 0.2) is 11.6 Å². The zero-order chi connectivity index (χ0) is 28.2. The van der Waals surface area contributed by atoms with Crippen molar-refractivity contribution < 1.29 is 31.1 Å². The van der Waals surface area contributed by atoms with Gasteiger partial charge in [0.05, 0.1) is 15.8 Å². The van der Waals surface area contributed by atoms with E-state index in [2.05, 4.69) is 15.8 Å². The van der Waals surface area contributed by atoms with E-state index in [1.54, 1.807) is 18.2 Å². The summed E-state index contributed by atoms with van der Waals surface area (Å²) in [5.41, 5.74) is 1.73. The predicted molar refractivity (Wildman–Crippen MR) is 144 cm³/mol. The number of hydrogen-bond donors (Lipinski definition) is 0. The smallest absolute Gasteiger partial charge is 0.429 e. The van der Waals surface area contributed by atoms with Crippen LogP contribution in [-0.2, 0) is 6.11 Å². The normalized spacial score (nSPS) is 11.9. The minimum atomic E-state index is -4.20. The van der Waals surface area contributed by atoms with E-state index in [-0.39, 0.29) is 16.5 Å². The lowest BCUT2D eigenvalue weighted by Crippen LogP contribution is -2.23. The molecule has 5 aromatic carbocycles. The zero-order valence-corrected chi connectivity index (χ0v) is 21.4. The molecule has 0 aliphatic rings. The maximum atomic E-state index is 15.6. The van der Waals surface area contributed by atoms with Crippen molar-refractivity contribution in [3.8, 4) is 27.4 Å². The number of aryl methyl sites for hydroxylation is 1. The van der Waals surface area contributed by atoms with Crippen LogP contribution in [0.15, 0.2) is 84.9 Å². The predicted octanol–water partition coefficient (Wildman–Crippen LogP) is 9.78. The molecule has 2 nitrogen and oxygen atoms in total. The van der Waals surface area contributed by atoms with Gasteiger partial charge >= 0.3 is 6.11 Å². The van der Waals surface area contributed by atoms with Gasteiger partial charge in [-0.25, -0.2) is 22.5 Å². The molecule has 40 heavy (non-hydrogen) atoms. The summed E-state index contributed by atoms with van der Waals surface area (Å²) in [4.78, 5) is 4.67. The molecule has 0 spiro atoms. The van der Waals surface area contributed by atoms with E-state index < -0.39 is 40.7 Å². The number of thiazole rings is 1. The third kappa shape index (κ3) is 4.66. The van der Waals surface area contributed by atoms with Crippen molar-refractivity contribution in [2.45, 2.75) is 13.0 Å². The Bertz CT molecular complexity index is 1930. The van der Waals surface area contributed by atoms with E-state index in [1.807, 2.05) is 25.1 Å². The molecule has 200 valence electrons. The SMILES string of the molecule is Cc1ccc2nc(-c3ccc4c(F)c(-c5ccc(C(F)(F)Oc6ccc(F)c(F)c6)c(F)c5)ccc4c3)sc2c1. The van der Waals surface area contributed by atoms with Crippen LogP contribution in [0.3, 0.4) is 0 Å². The van der Waals surface area contributed by atoms with Crippen molar-refractivity contribution in [2.24, 2.45) is 0 Å². The minimum absolute atomic E-state index is 0.0194. The summed E-state index contributed by atoms with van der Waals surface area (Å²) in [7, 11) is 0. The van der Waals surface area contributed by atoms with E-state index in [4.69, 9.17) is 0 Å². The van der Waals surface area contributed by atoms with Crippen molar-refractivity contribution in [2.75, 3.05) is 0 Å². The van der Waals surface area contributed by atoms with E-state index in [0.717, 1.165) is 50.6 Å². The molecule has 0 aliphatic carbocycles. The van der Waals surface area contributed by atoms with Crippen LogP contribution < -0.4 is 4.74 Å². The second-order valence-corrected chi connectivity index (χ2v) is 10.3. The Hall–Kier alpha value is -4.37. The van der Waals surface area contributed by atoms with Crippen molar-refractivity contribution >= 4 is 32.3 Å². The van der Waals surface area contributed by atoms with Crippen LogP contribution in [0.25, 0.3) is 42.7 Å². The van der Waals surface area contributed by atoms with Crippen molar-refractivity contribution in [3.05, 3.63) is 119 Å². The zero-order valence-electron chi connectivity index (χ0n) is 20.6. The lowest BCUT2D eigenvalue weighted by atomic mass is 9.98.